The van der Waals surface area contributed by atoms with Gasteiger partial charge in [0.05, 0.1) is 0 Å². The van der Waals surface area contributed by atoms with Crippen molar-refractivity contribution in [2.24, 2.45) is 0 Å². The third-order valence-electron chi connectivity index (χ3n) is 2.68. The number of rotatable bonds is 3. The van der Waals surface area contributed by atoms with E-state index in [9.17, 15) is 4.79 Å². The molecule has 0 aliphatic rings. The second-order valence-corrected chi connectivity index (χ2v) is 3.61. The molecule has 0 heterocycles. The van der Waals surface area contributed by atoms with Crippen LogP contribution in [0.25, 0.3) is 5.57 Å². The molecular weight excluding hydrogens is 188 g/mol. The van der Waals surface area contributed by atoms with E-state index in [1.165, 1.54) is 5.56 Å². The molecule has 0 aliphatic carbocycles. The highest BCUT2D eigenvalue weighted by molar-refractivity contribution is 5.95. The van der Waals surface area contributed by atoms with Crippen LogP contribution in [0.15, 0.2) is 29.8 Å². The summed E-state index contributed by atoms with van der Waals surface area (Å²) in [5.41, 5.74) is 3.47. The molecule has 0 fully saturated rings. The van der Waals surface area contributed by atoms with E-state index in [1.807, 2.05) is 31.2 Å². The molecule has 2 heteroatoms. The van der Waals surface area contributed by atoms with Crippen molar-refractivity contribution < 1.29 is 9.90 Å². The molecule has 80 valence electrons. The first-order chi connectivity index (χ1) is 7.06. The summed E-state index contributed by atoms with van der Waals surface area (Å²) < 4.78 is 0. The van der Waals surface area contributed by atoms with Crippen LogP contribution < -0.4 is 0 Å². The first kappa shape index (κ1) is 11.5. The molecule has 1 aromatic carbocycles. The van der Waals surface area contributed by atoms with E-state index in [-0.39, 0.29) is 0 Å². The Kier molecular flexibility index (Phi) is 3.67. The van der Waals surface area contributed by atoms with Gasteiger partial charge in [-0.05, 0) is 37.0 Å². The molecule has 0 amide bonds. The van der Waals surface area contributed by atoms with Gasteiger partial charge in [0.15, 0.2) is 0 Å². The number of hydrogen-bond donors (Lipinski definition) is 1. The normalized spacial score (nSPS) is 12.2. The van der Waals surface area contributed by atoms with E-state index in [0.717, 1.165) is 17.6 Å². The second-order valence-electron chi connectivity index (χ2n) is 3.61. The predicted octanol–water partition coefficient (Wildman–Crippen LogP) is 3.13. The Morgan fingerprint density at radius 2 is 1.73 bits per heavy atom. The molecule has 0 saturated carbocycles. The number of allylic oxidation sites excluding steroid dienone is 1. The number of hydrogen-bond acceptors (Lipinski definition) is 1. The summed E-state index contributed by atoms with van der Waals surface area (Å²) in [4.78, 5) is 10.8. The summed E-state index contributed by atoms with van der Waals surface area (Å²) in [6.45, 7) is 5.57. The van der Waals surface area contributed by atoms with Crippen molar-refractivity contribution in [2.45, 2.75) is 27.2 Å². The van der Waals surface area contributed by atoms with E-state index >= 15 is 0 Å². The van der Waals surface area contributed by atoms with Crippen molar-refractivity contribution in [3.05, 3.63) is 41.0 Å². The van der Waals surface area contributed by atoms with Gasteiger partial charge in [0.25, 0.3) is 0 Å². The maximum Gasteiger partial charge on any atom is 0.331 e. The quantitative estimate of drug-likeness (QED) is 0.768. The van der Waals surface area contributed by atoms with E-state index in [2.05, 4.69) is 6.92 Å². The van der Waals surface area contributed by atoms with Crippen LogP contribution in [-0.4, -0.2) is 11.1 Å². The minimum absolute atomic E-state index is 0.402. The molecule has 0 saturated heterocycles. The molecule has 1 rings (SSSR count). The summed E-state index contributed by atoms with van der Waals surface area (Å²) in [6, 6.07) is 8.02. The fraction of sp³-hybridized carbons (Fsp3) is 0.308. The number of carboxylic acid groups (broad SMARTS) is 1. The zero-order valence-electron chi connectivity index (χ0n) is 9.37. The van der Waals surface area contributed by atoms with Gasteiger partial charge in [-0.15, -0.1) is 0 Å². The number of aliphatic carboxylic acids is 1. The average molecular weight is 204 g/mol. The zero-order chi connectivity index (χ0) is 11.4. The Hall–Kier alpha value is -1.57. The Morgan fingerprint density at radius 3 is 2.13 bits per heavy atom. The van der Waals surface area contributed by atoms with E-state index < -0.39 is 5.97 Å². The maximum atomic E-state index is 10.8. The predicted molar refractivity (Wildman–Crippen MR) is 61.7 cm³/mol. The van der Waals surface area contributed by atoms with E-state index in [4.69, 9.17) is 5.11 Å². The number of aryl methyl sites for hydroxylation is 1. The average Bonchev–Trinajstić information content (AvgIpc) is 2.27. The van der Waals surface area contributed by atoms with Crippen molar-refractivity contribution in [3.63, 3.8) is 0 Å². The largest absolute Gasteiger partial charge is 0.478 e. The van der Waals surface area contributed by atoms with Gasteiger partial charge in [-0.25, -0.2) is 4.79 Å². The monoisotopic (exact) mass is 204 g/mol. The third-order valence-corrected chi connectivity index (χ3v) is 2.68. The van der Waals surface area contributed by atoms with Gasteiger partial charge in [-0.1, -0.05) is 31.2 Å². The van der Waals surface area contributed by atoms with Gasteiger partial charge in [-0.2, -0.15) is 0 Å². The summed E-state index contributed by atoms with van der Waals surface area (Å²) in [5, 5.41) is 8.86. The van der Waals surface area contributed by atoms with Crippen LogP contribution in [0.5, 0.6) is 0 Å². The molecule has 1 aromatic rings. The highest BCUT2D eigenvalue weighted by Crippen LogP contribution is 2.18. The number of benzene rings is 1. The minimum Gasteiger partial charge on any atom is -0.478 e. The highest BCUT2D eigenvalue weighted by Gasteiger charge is 2.06. The Balaban J connectivity index is 3.07. The smallest absolute Gasteiger partial charge is 0.331 e. The van der Waals surface area contributed by atoms with Crippen LogP contribution in [0.3, 0.4) is 0 Å². The van der Waals surface area contributed by atoms with Crippen LogP contribution in [0.2, 0.25) is 0 Å². The molecule has 0 aromatic heterocycles. The van der Waals surface area contributed by atoms with Crippen molar-refractivity contribution in [1.82, 2.24) is 0 Å². The molecule has 1 N–H and O–H groups in total. The van der Waals surface area contributed by atoms with Crippen LogP contribution >= 0.6 is 0 Å². The lowest BCUT2D eigenvalue weighted by Crippen LogP contribution is -1.99. The molecule has 2 nitrogen and oxygen atoms in total. The Morgan fingerprint density at radius 1 is 1.20 bits per heavy atom. The van der Waals surface area contributed by atoms with Gasteiger partial charge in [0, 0.05) is 5.57 Å². The number of carboxylic acids is 1. The van der Waals surface area contributed by atoms with Crippen LogP contribution in [0.4, 0.5) is 0 Å². The Bertz CT molecular complexity index is 386. The Labute approximate surface area is 90.3 Å². The first-order valence-corrected chi connectivity index (χ1v) is 5.06. The number of carbonyl (C=O) groups is 1. The molecule has 0 unspecified atom stereocenters. The first-order valence-electron chi connectivity index (χ1n) is 5.06. The van der Waals surface area contributed by atoms with Crippen LogP contribution in [-0.2, 0) is 11.2 Å². The summed E-state index contributed by atoms with van der Waals surface area (Å²) in [7, 11) is 0. The SMILES string of the molecule is CCc1ccc(/C(C)=C(/C)C(=O)O)cc1. The second kappa shape index (κ2) is 4.78. The molecule has 15 heavy (non-hydrogen) atoms. The molecule has 0 radical (unpaired) electrons. The zero-order valence-corrected chi connectivity index (χ0v) is 9.37. The van der Waals surface area contributed by atoms with Gasteiger partial charge in [-0.3, -0.25) is 0 Å². The standard InChI is InChI=1S/C13H16O2/c1-4-11-5-7-12(8-6-11)9(2)10(3)13(14)15/h5-8H,4H2,1-3H3,(H,14,15)/b10-9-. The van der Waals surface area contributed by atoms with Gasteiger partial charge in [0.2, 0.25) is 0 Å². The molecular formula is C13H16O2. The maximum absolute atomic E-state index is 10.8. The van der Waals surface area contributed by atoms with E-state index in [0.29, 0.717) is 5.57 Å². The summed E-state index contributed by atoms with van der Waals surface area (Å²) >= 11 is 0. The molecule has 0 atom stereocenters. The highest BCUT2D eigenvalue weighted by atomic mass is 16.4. The van der Waals surface area contributed by atoms with Crippen molar-refractivity contribution in [3.8, 4) is 0 Å². The van der Waals surface area contributed by atoms with Crippen LogP contribution in [0, 0.1) is 0 Å². The van der Waals surface area contributed by atoms with Gasteiger partial charge < -0.3 is 5.11 Å². The minimum atomic E-state index is -0.855. The van der Waals surface area contributed by atoms with Crippen molar-refractivity contribution >= 4 is 11.5 Å². The fourth-order valence-electron chi connectivity index (χ4n) is 1.37. The molecule has 0 spiro atoms. The van der Waals surface area contributed by atoms with Crippen molar-refractivity contribution in [2.75, 3.05) is 0 Å². The molecule has 0 aliphatic heterocycles. The van der Waals surface area contributed by atoms with Gasteiger partial charge >= 0.3 is 5.97 Å². The summed E-state index contributed by atoms with van der Waals surface area (Å²) in [5.74, 6) is -0.855. The fourth-order valence-corrected chi connectivity index (χ4v) is 1.37. The summed E-state index contributed by atoms with van der Waals surface area (Å²) in [6.07, 6.45) is 1.00. The lowest BCUT2D eigenvalue weighted by atomic mass is 10.0. The van der Waals surface area contributed by atoms with Crippen LogP contribution in [0.1, 0.15) is 31.9 Å². The van der Waals surface area contributed by atoms with Gasteiger partial charge in [0.1, 0.15) is 0 Å². The molecule has 0 bridgehead atoms. The lowest BCUT2D eigenvalue weighted by molar-refractivity contribution is -0.132. The third kappa shape index (κ3) is 2.69. The van der Waals surface area contributed by atoms with E-state index in [1.54, 1.807) is 6.92 Å². The lowest BCUT2D eigenvalue weighted by Gasteiger charge is -2.05. The van der Waals surface area contributed by atoms with Crippen molar-refractivity contribution in [1.29, 1.82) is 0 Å². The topological polar surface area (TPSA) is 37.3 Å².